The van der Waals surface area contributed by atoms with E-state index in [1.165, 1.54) is 0 Å². The summed E-state index contributed by atoms with van der Waals surface area (Å²) in [6, 6.07) is 12.5. The van der Waals surface area contributed by atoms with Crippen LogP contribution in [0.4, 0.5) is 5.69 Å². The maximum Gasteiger partial charge on any atom is 0.258 e. The van der Waals surface area contributed by atoms with E-state index in [0.717, 1.165) is 55.5 Å². The van der Waals surface area contributed by atoms with E-state index in [4.69, 9.17) is 23.2 Å². The van der Waals surface area contributed by atoms with Gasteiger partial charge < -0.3 is 15.1 Å². The third-order valence-corrected chi connectivity index (χ3v) is 7.29. The van der Waals surface area contributed by atoms with Gasteiger partial charge in [0.25, 0.3) is 17.7 Å². The minimum absolute atomic E-state index is 0.00733. The van der Waals surface area contributed by atoms with Gasteiger partial charge in [0.15, 0.2) is 0 Å². The highest BCUT2D eigenvalue weighted by molar-refractivity contribution is 6.31. The number of hydrogen-bond acceptors (Lipinski definition) is 4. The first-order valence-electron chi connectivity index (χ1n) is 12.3. The SMILES string of the molecule is O=C(c1cncc(N2CCc3cc(Cl)ccc3C2=O)c1)N1CCCC1.O=C1NCCc2cc(Cl)ccc21. The Kier molecular flexibility index (Phi) is 7.44. The van der Waals surface area contributed by atoms with Gasteiger partial charge in [0.1, 0.15) is 0 Å². The Labute approximate surface area is 225 Å². The third kappa shape index (κ3) is 5.48. The van der Waals surface area contributed by atoms with Crippen molar-refractivity contribution >= 4 is 46.6 Å². The molecular weight excluding hydrogens is 511 g/mol. The van der Waals surface area contributed by atoms with Crippen molar-refractivity contribution in [1.29, 1.82) is 0 Å². The average Bonchev–Trinajstić information content (AvgIpc) is 3.44. The Morgan fingerprint density at radius 3 is 2.24 bits per heavy atom. The number of carbonyl (C=O) groups excluding carboxylic acids is 3. The fraction of sp³-hybridized carbons (Fsp3) is 0.286. The van der Waals surface area contributed by atoms with Gasteiger partial charge >= 0.3 is 0 Å². The predicted octanol–water partition coefficient (Wildman–Crippen LogP) is 4.80. The van der Waals surface area contributed by atoms with Gasteiger partial charge in [-0.05, 0) is 79.3 Å². The Balaban J connectivity index is 0.000000195. The zero-order valence-corrected chi connectivity index (χ0v) is 21.7. The van der Waals surface area contributed by atoms with Crippen LogP contribution in [0, 0.1) is 0 Å². The molecule has 4 heterocycles. The molecule has 1 aromatic heterocycles. The summed E-state index contributed by atoms with van der Waals surface area (Å²) in [6.07, 6.45) is 6.91. The Bertz CT molecular complexity index is 1370. The quantitative estimate of drug-likeness (QED) is 0.509. The number of hydrogen-bond donors (Lipinski definition) is 1. The molecule has 0 aliphatic carbocycles. The highest BCUT2D eigenvalue weighted by atomic mass is 35.5. The molecule has 0 radical (unpaired) electrons. The average molecular weight is 537 g/mol. The molecule has 3 amide bonds. The molecule has 3 aliphatic heterocycles. The van der Waals surface area contributed by atoms with Crippen LogP contribution in [0.5, 0.6) is 0 Å². The van der Waals surface area contributed by atoms with E-state index in [-0.39, 0.29) is 17.7 Å². The number of aromatic nitrogens is 1. The second kappa shape index (κ2) is 10.9. The minimum Gasteiger partial charge on any atom is -0.352 e. The molecule has 2 aromatic carbocycles. The van der Waals surface area contributed by atoms with Crippen molar-refractivity contribution in [3.63, 3.8) is 0 Å². The van der Waals surface area contributed by atoms with Gasteiger partial charge in [-0.25, -0.2) is 0 Å². The molecule has 1 fully saturated rings. The fourth-order valence-electron chi connectivity index (χ4n) is 4.90. The summed E-state index contributed by atoms with van der Waals surface area (Å²) in [5, 5.41) is 4.11. The van der Waals surface area contributed by atoms with Crippen LogP contribution >= 0.6 is 23.2 Å². The number of anilines is 1. The lowest BCUT2D eigenvalue weighted by Crippen LogP contribution is -2.38. The number of fused-ring (bicyclic) bond motifs is 2. The molecule has 9 heteroatoms. The molecule has 0 spiro atoms. The summed E-state index contributed by atoms with van der Waals surface area (Å²) in [5.74, 6) is -0.0816. The van der Waals surface area contributed by atoms with Crippen molar-refractivity contribution < 1.29 is 14.4 Å². The third-order valence-electron chi connectivity index (χ3n) is 6.82. The molecule has 3 aliphatic rings. The number of pyridine rings is 1. The number of benzene rings is 2. The van der Waals surface area contributed by atoms with E-state index >= 15 is 0 Å². The fourth-order valence-corrected chi connectivity index (χ4v) is 5.28. The molecule has 0 atom stereocenters. The van der Waals surface area contributed by atoms with E-state index in [1.807, 2.05) is 17.0 Å². The monoisotopic (exact) mass is 536 g/mol. The molecule has 0 unspecified atom stereocenters. The standard InChI is InChI=1S/C19H18ClN3O2.C9H8ClNO/c20-15-3-4-17-13(9-15)5-8-23(19(17)25)16-10-14(11-21-12-16)18(24)22-6-1-2-7-22;10-7-1-2-8-6(5-7)3-4-11-9(8)12/h3-4,9-12H,1-2,5-8H2;1-2,5H,3-4H2,(H,11,12). The summed E-state index contributed by atoms with van der Waals surface area (Å²) in [4.78, 5) is 44.4. The first kappa shape index (κ1) is 25.2. The lowest BCUT2D eigenvalue weighted by atomic mass is 9.98. The molecular formula is C28H26Cl2N4O3. The number of amides is 3. The van der Waals surface area contributed by atoms with Gasteiger partial charge in [-0.1, -0.05) is 23.2 Å². The van der Waals surface area contributed by atoms with Gasteiger partial charge in [-0.2, -0.15) is 0 Å². The maximum atomic E-state index is 12.8. The minimum atomic E-state index is -0.0783. The number of nitrogens with one attached hydrogen (secondary N) is 1. The Morgan fingerprint density at radius 2 is 1.51 bits per heavy atom. The molecule has 1 saturated heterocycles. The Hall–Kier alpha value is -3.42. The number of likely N-dealkylation sites (tertiary alicyclic amines) is 1. The van der Waals surface area contributed by atoms with Gasteiger partial charge in [0, 0.05) is 53.5 Å². The smallest absolute Gasteiger partial charge is 0.258 e. The zero-order valence-electron chi connectivity index (χ0n) is 20.2. The molecule has 1 N–H and O–H groups in total. The van der Waals surface area contributed by atoms with E-state index in [0.29, 0.717) is 39.9 Å². The van der Waals surface area contributed by atoms with Crippen LogP contribution in [0.15, 0.2) is 54.9 Å². The predicted molar refractivity (Wildman–Crippen MR) is 144 cm³/mol. The maximum absolute atomic E-state index is 12.8. The normalized spacial score (nSPS) is 16.4. The van der Waals surface area contributed by atoms with Crippen LogP contribution < -0.4 is 10.2 Å². The van der Waals surface area contributed by atoms with E-state index in [1.54, 1.807) is 47.6 Å². The van der Waals surface area contributed by atoms with Crippen molar-refractivity contribution in [3.05, 3.63) is 92.7 Å². The lowest BCUT2D eigenvalue weighted by molar-refractivity contribution is 0.0791. The van der Waals surface area contributed by atoms with Crippen LogP contribution in [0.3, 0.4) is 0 Å². The van der Waals surface area contributed by atoms with Crippen molar-refractivity contribution in [3.8, 4) is 0 Å². The summed E-state index contributed by atoms with van der Waals surface area (Å²) >= 11 is 11.8. The van der Waals surface area contributed by atoms with Crippen molar-refractivity contribution in [2.45, 2.75) is 25.7 Å². The molecule has 3 aromatic rings. The van der Waals surface area contributed by atoms with Crippen LogP contribution in [0.2, 0.25) is 10.0 Å². The number of nitrogens with zero attached hydrogens (tertiary/aromatic N) is 3. The first-order valence-corrected chi connectivity index (χ1v) is 13.1. The molecule has 37 heavy (non-hydrogen) atoms. The largest absolute Gasteiger partial charge is 0.352 e. The summed E-state index contributed by atoms with van der Waals surface area (Å²) < 4.78 is 0. The summed E-state index contributed by atoms with van der Waals surface area (Å²) in [5.41, 5.74) is 4.62. The second-order valence-corrected chi connectivity index (χ2v) is 10.1. The molecule has 7 nitrogen and oxygen atoms in total. The van der Waals surface area contributed by atoms with E-state index in [9.17, 15) is 14.4 Å². The van der Waals surface area contributed by atoms with Gasteiger partial charge in [-0.3, -0.25) is 19.4 Å². The molecule has 6 rings (SSSR count). The topological polar surface area (TPSA) is 82.6 Å². The van der Waals surface area contributed by atoms with Gasteiger partial charge in [-0.15, -0.1) is 0 Å². The molecule has 0 saturated carbocycles. The number of rotatable bonds is 2. The summed E-state index contributed by atoms with van der Waals surface area (Å²) in [6.45, 7) is 2.85. The first-order chi connectivity index (χ1) is 17.9. The second-order valence-electron chi connectivity index (χ2n) is 9.25. The van der Waals surface area contributed by atoms with Crippen LogP contribution in [0.1, 0.15) is 55.0 Å². The van der Waals surface area contributed by atoms with Crippen LogP contribution in [0.25, 0.3) is 0 Å². The Morgan fingerprint density at radius 1 is 0.838 bits per heavy atom. The van der Waals surface area contributed by atoms with Crippen molar-refractivity contribution in [2.75, 3.05) is 31.1 Å². The molecule has 190 valence electrons. The zero-order chi connectivity index (χ0) is 25.9. The highest BCUT2D eigenvalue weighted by Crippen LogP contribution is 2.27. The number of halogens is 2. The van der Waals surface area contributed by atoms with Gasteiger partial charge in [0.05, 0.1) is 17.4 Å². The number of carbonyl (C=O) groups is 3. The van der Waals surface area contributed by atoms with E-state index < -0.39 is 0 Å². The molecule has 0 bridgehead atoms. The highest BCUT2D eigenvalue weighted by Gasteiger charge is 2.27. The van der Waals surface area contributed by atoms with Crippen molar-refractivity contribution in [2.24, 2.45) is 0 Å². The van der Waals surface area contributed by atoms with E-state index in [2.05, 4.69) is 10.3 Å². The summed E-state index contributed by atoms with van der Waals surface area (Å²) in [7, 11) is 0. The van der Waals surface area contributed by atoms with Crippen LogP contribution in [-0.4, -0.2) is 53.8 Å². The van der Waals surface area contributed by atoms with Gasteiger partial charge in [0.2, 0.25) is 0 Å². The van der Waals surface area contributed by atoms with Crippen LogP contribution in [-0.2, 0) is 12.8 Å². The van der Waals surface area contributed by atoms with Crippen molar-refractivity contribution in [1.82, 2.24) is 15.2 Å². The lowest BCUT2D eigenvalue weighted by Gasteiger charge is -2.29.